The summed E-state index contributed by atoms with van der Waals surface area (Å²) in [7, 11) is 0. The SMILES string of the molecule is CCC1(CNC(=O)NC2CCCCC2O)CC1. The van der Waals surface area contributed by atoms with Crippen LogP contribution in [-0.2, 0) is 0 Å². The molecule has 0 aromatic carbocycles. The topological polar surface area (TPSA) is 61.4 Å². The van der Waals surface area contributed by atoms with Crippen LogP contribution >= 0.6 is 0 Å². The number of carbonyl (C=O) groups excluding carboxylic acids is 1. The molecule has 2 unspecified atom stereocenters. The van der Waals surface area contributed by atoms with Gasteiger partial charge < -0.3 is 15.7 Å². The van der Waals surface area contributed by atoms with Gasteiger partial charge in [-0.2, -0.15) is 0 Å². The molecule has 2 aliphatic carbocycles. The minimum Gasteiger partial charge on any atom is -0.391 e. The third-order valence-corrected chi connectivity index (χ3v) is 4.38. The van der Waals surface area contributed by atoms with Gasteiger partial charge in [0.15, 0.2) is 0 Å². The first-order valence-electron chi connectivity index (χ1n) is 6.88. The van der Waals surface area contributed by atoms with Crippen molar-refractivity contribution in [2.45, 2.75) is 64.0 Å². The van der Waals surface area contributed by atoms with Crippen LogP contribution in [0.5, 0.6) is 0 Å². The Bertz CT molecular complexity index is 277. The normalized spacial score (nSPS) is 30.7. The molecule has 0 heterocycles. The summed E-state index contributed by atoms with van der Waals surface area (Å²) in [4.78, 5) is 11.7. The first kappa shape index (κ1) is 12.7. The van der Waals surface area contributed by atoms with Crippen molar-refractivity contribution in [1.29, 1.82) is 0 Å². The summed E-state index contributed by atoms with van der Waals surface area (Å²) in [5.41, 5.74) is 0.378. The predicted octanol–water partition coefficient (Wildman–Crippen LogP) is 1.78. The third-order valence-electron chi connectivity index (χ3n) is 4.38. The van der Waals surface area contributed by atoms with Crippen molar-refractivity contribution in [3.05, 3.63) is 0 Å². The molecule has 2 fully saturated rings. The van der Waals surface area contributed by atoms with Crippen LogP contribution in [0, 0.1) is 5.41 Å². The molecule has 4 nitrogen and oxygen atoms in total. The predicted molar refractivity (Wildman–Crippen MR) is 66.8 cm³/mol. The summed E-state index contributed by atoms with van der Waals surface area (Å²) in [5, 5.41) is 15.6. The molecule has 0 aliphatic heterocycles. The maximum atomic E-state index is 11.7. The molecule has 4 heteroatoms. The van der Waals surface area contributed by atoms with Crippen molar-refractivity contribution in [3.8, 4) is 0 Å². The lowest BCUT2D eigenvalue weighted by Crippen LogP contribution is -2.49. The van der Waals surface area contributed by atoms with Gasteiger partial charge in [0.2, 0.25) is 0 Å². The lowest BCUT2D eigenvalue weighted by atomic mass is 9.93. The molecule has 98 valence electrons. The summed E-state index contributed by atoms with van der Waals surface area (Å²) in [6.45, 7) is 2.95. The Labute approximate surface area is 103 Å². The maximum Gasteiger partial charge on any atom is 0.315 e. The van der Waals surface area contributed by atoms with Crippen LogP contribution in [-0.4, -0.2) is 29.8 Å². The lowest BCUT2D eigenvalue weighted by Gasteiger charge is -2.28. The van der Waals surface area contributed by atoms with Crippen molar-refractivity contribution in [2.75, 3.05) is 6.54 Å². The first-order valence-corrected chi connectivity index (χ1v) is 6.88. The van der Waals surface area contributed by atoms with Crippen molar-refractivity contribution < 1.29 is 9.90 Å². The first-order chi connectivity index (χ1) is 8.15. The molecule has 2 atom stereocenters. The zero-order chi connectivity index (χ0) is 12.3. The molecule has 2 rings (SSSR count). The van der Waals surface area contributed by atoms with Gasteiger partial charge in [-0.15, -0.1) is 0 Å². The molecule has 2 amide bonds. The molecule has 0 spiro atoms. The highest BCUT2D eigenvalue weighted by molar-refractivity contribution is 5.74. The minimum absolute atomic E-state index is 0.0551. The van der Waals surface area contributed by atoms with Crippen LogP contribution in [0.25, 0.3) is 0 Å². The smallest absolute Gasteiger partial charge is 0.315 e. The van der Waals surface area contributed by atoms with Crippen LogP contribution in [0.1, 0.15) is 51.9 Å². The average molecular weight is 240 g/mol. The summed E-state index contributed by atoms with van der Waals surface area (Å²) in [6.07, 6.45) is 7.11. The van der Waals surface area contributed by atoms with E-state index in [0.29, 0.717) is 5.41 Å². The van der Waals surface area contributed by atoms with E-state index in [0.717, 1.165) is 38.6 Å². The molecular formula is C13H24N2O2. The van der Waals surface area contributed by atoms with E-state index in [-0.39, 0.29) is 18.2 Å². The van der Waals surface area contributed by atoms with E-state index in [9.17, 15) is 9.90 Å². The molecular weight excluding hydrogens is 216 g/mol. The zero-order valence-electron chi connectivity index (χ0n) is 10.7. The number of urea groups is 1. The van der Waals surface area contributed by atoms with Gasteiger partial charge in [-0.05, 0) is 37.5 Å². The molecule has 2 saturated carbocycles. The van der Waals surface area contributed by atoms with Crippen molar-refractivity contribution in [1.82, 2.24) is 10.6 Å². The fraction of sp³-hybridized carbons (Fsp3) is 0.923. The highest BCUT2D eigenvalue weighted by Gasteiger charge is 2.40. The van der Waals surface area contributed by atoms with Crippen molar-refractivity contribution in [3.63, 3.8) is 0 Å². The number of hydrogen-bond donors (Lipinski definition) is 3. The maximum absolute atomic E-state index is 11.7. The fourth-order valence-electron chi connectivity index (χ4n) is 2.60. The summed E-state index contributed by atoms with van der Waals surface area (Å²) in [5.74, 6) is 0. The summed E-state index contributed by atoms with van der Waals surface area (Å²) < 4.78 is 0. The molecule has 0 bridgehead atoms. The Morgan fingerprint density at radius 2 is 2.06 bits per heavy atom. The fourth-order valence-corrected chi connectivity index (χ4v) is 2.60. The van der Waals surface area contributed by atoms with E-state index in [1.165, 1.54) is 12.8 Å². The van der Waals surface area contributed by atoms with Crippen molar-refractivity contribution >= 4 is 6.03 Å². The number of amides is 2. The van der Waals surface area contributed by atoms with E-state index in [4.69, 9.17) is 0 Å². The molecule has 0 aromatic heterocycles. The standard InChI is InChI=1S/C13H24N2O2/c1-2-13(7-8-13)9-14-12(17)15-10-5-3-4-6-11(10)16/h10-11,16H,2-9H2,1H3,(H2,14,15,17). The largest absolute Gasteiger partial charge is 0.391 e. The van der Waals surface area contributed by atoms with E-state index in [1.807, 2.05) is 0 Å². The Kier molecular flexibility index (Phi) is 3.92. The third kappa shape index (κ3) is 3.35. The van der Waals surface area contributed by atoms with Gasteiger partial charge in [0.1, 0.15) is 0 Å². The number of rotatable bonds is 4. The molecule has 0 aromatic rings. The van der Waals surface area contributed by atoms with Gasteiger partial charge in [-0.25, -0.2) is 4.79 Å². The minimum atomic E-state index is -0.365. The number of nitrogens with one attached hydrogen (secondary N) is 2. The van der Waals surface area contributed by atoms with Gasteiger partial charge in [0, 0.05) is 6.54 Å². The summed E-state index contributed by atoms with van der Waals surface area (Å²) >= 11 is 0. The molecule has 2 aliphatic rings. The highest BCUT2D eigenvalue weighted by Crippen LogP contribution is 2.47. The van der Waals surface area contributed by atoms with Gasteiger partial charge >= 0.3 is 6.03 Å². The van der Waals surface area contributed by atoms with Gasteiger partial charge in [-0.1, -0.05) is 19.8 Å². The lowest BCUT2D eigenvalue weighted by molar-refractivity contribution is 0.0942. The molecule has 0 radical (unpaired) electrons. The average Bonchev–Trinajstić information content (AvgIpc) is 3.10. The van der Waals surface area contributed by atoms with Crippen LogP contribution in [0.4, 0.5) is 4.79 Å². The molecule has 17 heavy (non-hydrogen) atoms. The van der Waals surface area contributed by atoms with Crippen LogP contribution in [0.2, 0.25) is 0 Å². The zero-order valence-corrected chi connectivity index (χ0v) is 10.7. The Morgan fingerprint density at radius 3 is 2.65 bits per heavy atom. The van der Waals surface area contributed by atoms with Gasteiger partial charge in [0.05, 0.1) is 12.1 Å². The van der Waals surface area contributed by atoms with Crippen LogP contribution in [0.15, 0.2) is 0 Å². The highest BCUT2D eigenvalue weighted by atomic mass is 16.3. The Morgan fingerprint density at radius 1 is 1.35 bits per heavy atom. The second-order valence-electron chi connectivity index (χ2n) is 5.64. The Hall–Kier alpha value is -0.770. The second kappa shape index (κ2) is 5.25. The van der Waals surface area contributed by atoms with Gasteiger partial charge in [-0.3, -0.25) is 0 Å². The van der Waals surface area contributed by atoms with Crippen LogP contribution in [0.3, 0.4) is 0 Å². The van der Waals surface area contributed by atoms with Crippen molar-refractivity contribution in [2.24, 2.45) is 5.41 Å². The van der Waals surface area contributed by atoms with E-state index in [1.54, 1.807) is 0 Å². The number of carbonyl (C=O) groups is 1. The molecule has 3 N–H and O–H groups in total. The summed E-state index contributed by atoms with van der Waals surface area (Å²) in [6, 6.07) is -0.170. The number of hydrogen-bond acceptors (Lipinski definition) is 2. The number of aliphatic hydroxyl groups excluding tert-OH is 1. The number of aliphatic hydroxyl groups is 1. The molecule has 0 saturated heterocycles. The van der Waals surface area contributed by atoms with Gasteiger partial charge in [0.25, 0.3) is 0 Å². The second-order valence-corrected chi connectivity index (χ2v) is 5.64. The Balaban J connectivity index is 1.69. The monoisotopic (exact) mass is 240 g/mol. The van der Waals surface area contributed by atoms with E-state index >= 15 is 0 Å². The van der Waals surface area contributed by atoms with Crippen LogP contribution < -0.4 is 10.6 Å². The quantitative estimate of drug-likeness (QED) is 0.701. The van der Waals surface area contributed by atoms with E-state index in [2.05, 4.69) is 17.6 Å². The van der Waals surface area contributed by atoms with E-state index < -0.39 is 0 Å².